The number of hydrogen-bond acceptors (Lipinski definition) is 0. The van der Waals surface area contributed by atoms with Gasteiger partial charge < -0.3 is 0 Å². The highest BCUT2D eigenvalue weighted by Crippen LogP contribution is 2.24. The molecule has 0 aliphatic carbocycles. The van der Waals surface area contributed by atoms with Crippen LogP contribution in [0.15, 0.2) is 91.0 Å². The van der Waals surface area contributed by atoms with Crippen LogP contribution in [0.4, 0.5) is 4.39 Å². The van der Waals surface area contributed by atoms with Gasteiger partial charge in [-0.25, -0.2) is 4.39 Å². The minimum atomic E-state index is -0.105. The highest BCUT2D eigenvalue weighted by Gasteiger charge is 2.05. The molecule has 172 valence electrons. The van der Waals surface area contributed by atoms with Crippen molar-refractivity contribution in [2.75, 3.05) is 0 Å². The van der Waals surface area contributed by atoms with Crippen LogP contribution in [0.1, 0.15) is 61.8 Å². The highest BCUT2D eigenvalue weighted by atomic mass is 19.1. The van der Waals surface area contributed by atoms with Gasteiger partial charge in [0.2, 0.25) is 0 Å². The number of unbranched alkanes of at least 4 members (excludes halogenated alkanes) is 1. The largest absolute Gasteiger partial charge is 0.207 e. The molecule has 0 bridgehead atoms. The molecule has 0 aliphatic heterocycles. The Morgan fingerprint density at radius 2 is 1.06 bits per heavy atom. The molecule has 0 aromatic heterocycles. The van der Waals surface area contributed by atoms with Crippen molar-refractivity contribution in [2.45, 2.75) is 65.2 Å². The molecule has 3 aromatic carbocycles. The molecule has 0 amide bonds. The van der Waals surface area contributed by atoms with Gasteiger partial charge in [0.15, 0.2) is 0 Å². The van der Waals surface area contributed by atoms with Crippen LogP contribution in [0.2, 0.25) is 0 Å². The van der Waals surface area contributed by atoms with E-state index in [1.807, 2.05) is 25.1 Å². The summed E-state index contributed by atoms with van der Waals surface area (Å²) in [5.74, 6) is -0.105. The molecular weight excluding hydrogens is 403 g/mol. The van der Waals surface area contributed by atoms with Crippen LogP contribution < -0.4 is 0 Å². The van der Waals surface area contributed by atoms with Crippen molar-refractivity contribution in [1.29, 1.82) is 0 Å². The van der Waals surface area contributed by atoms with Crippen molar-refractivity contribution >= 4 is 0 Å². The molecule has 33 heavy (non-hydrogen) atoms. The van der Waals surface area contributed by atoms with Crippen LogP contribution in [-0.4, -0.2) is 0 Å². The van der Waals surface area contributed by atoms with Crippen molar-refractivity contribution in [2.24, 2.45) is 0 Å². The van der Waals surface area contributed by atoms with Crippen molar-refractivity contribution in [1.82, 2.24) is 0 Å². The summed E-state index contributed by atoms with van der Waals surface area (Å²) >= 11 is 0. The monoisotopic (exact) mass is 440 g/mol. The lowest BCUT2D eigenvalue weighted by Crippen LogP contribution is -1.92. The Labute approximate surface area is 199 Å². The first-order valence-electron chi connectivity index (χ1n) is 12.4. The second-order valence-electron chi connectivity index (χ2n) is 8.74. The second-order valence-corrected chi connectivity index (χ2v) is 8.74. The first kappa shape index (κ1) is 24.7. The van der Waals surface area contributed by atoms with E-state index in [1.54, 1.807) is 6.07 Å². The van der Waals surface area contributed by atoms with Gasteiger partial charge in [0.25, 0.3) is 0 Å². The number of halogens is 1. The van der Waals surface area contributed by atoms with Crippen LogP contribution in [0.3, 0.4) is 0 Å². The summed E-state index contributed by atoms with van der Waals surface area (Å²) in [6.45, 7) is 4.07. The molecule has 0 heterocycles. The van der Waals surface area contributed by atoms with Gasteiger partial charge in [-0.15, -0.1) is 0 Å². The van der Waals surface area contributed by atoms with Gasteiger partial charge >= 0.3 is 0 Å². The first-order valence-corrected chi connectivity index (χ1v) is 12.4. The van der Waals surface area contributed by atoms with E-state index in [9.17, 15) is 4.39 Å². The summed E-state index contributed by atoms with van der Waals surface area (Å²) in [4.78, 5) is 0. The van der Waals surface area contributed by atoms with E-state index in [-0.39, 0.29) is 5.82 Å². The van der Waals surface area contributed by atoms with E-state index in [2.05, 4.69) is 73.7 Å². The number of hydrogen-bond donors (Lipinski definition) is 0. The van der Waals surface area contributed by atoms with Gasteiger partial charge in [-0.2, -0.15) is 0 Å². The van der Waals surface area contributed by atoms with E-state index in [0.29, 0.717) is 0 Å². The normalized spacial score (nSPS) is 11.6. The lowest BCUT2D eigenvalue weighted by Gasteiger charge is -2.08. The Kier molecular flexibility index (Phi) is 10.2. The third-order valence-electron chi connectivity index (χ3n) is 6.20. The Morgan fingerprint density at radius 3 is 1.61 bits per heavy atom. The lowest BCUT2D eigenvalue weighted by molar-refractivity contribution is 0.610. The SMILES string of the molecule is C/C=C/CCc1ccc(CCCCc2ccc(-c3ccc(CC/C=C/C)c(F)c3)cc2)cc1. The highest BCUT2D eigenvalue weighted by molar-refractivity contribution is 5.64. The topological polar surface area (TPSA) is 0 Å². The average Bonchev–Trinajstić information content (AvgIpc) is 2.84. The van der Waals surface area contributed by atoms with E-state index < -0.39 is 0 Å². The lowest BCUT2D eigenvalue weighted by atomic mass is 9.98. The van der Waals surface area contributed by atoms with Crippen LogP contribution in [0, 0.1) is 5.82 Å². The van der Waals surface area contributed by atoms with Gasteiger partial charge in [0.05, 0.1) is 0 Å². The number of benzene rings is 3. The maximum atomic E-state index is 14.5. The molecule has 0 fully saturated rings. The maximum Gasteiger partial charge on any atom is 0.127 e. The maximum absolute atomic E-state index is 14.5. The smallest absolute Gasteiger partial charge is 0.127 e. The van der Waals surface area contributed by atoms with Gasteiger partial charge in [0.1, 0.15) is 5.82 Å². The standard InChI is InChI=1S/C32H37F/c1-3-5-7-11-26-15-17-27(18-16-26)12-9-10-13-28-19-21-29(22-20-28)31-24-23-30(32(33)25-31)14-8-6-4-2/h3-6,15-25H,7-14H2,1-2H3/b5-3+,6-4+. The third kappa shape index (κ3) is 8.17. The minimum Gasteiger partial charge on any atom is -0.207 e. The van der Waals surface area contributed by atoms with Crippen LogP contribution in [0.5, 0.6) is 0 Å². The fourth-order valence-electron chi connectivity index (χ4n) is 4.15. The van der Waals surface area contributed by atoms with Crippen LogP contribution in [0.25, 0.3) is 11.1 Å². The molecule has 3 rings (SSSR count). The van der Waals surface area contributed by atoms with E-state index in [0.717, 1.165) is 55.2 Å². The summed E-state index contributed by atoms with van der Waals surface area (Å²) in [6, 6.07) is 23.4. The molecule has 0 aliphatic rings. The molecule has 0 N–H and O–H groups in total. The molecule has 0 radical (unpaired) electrons. The van der Waals surface area contributed by atoms with Crippen molar-refractivity contribution in [3.63, 3.8) is 0 Å². The predicted molar refractivity (Wildman–Crippen MR) is 141 cm³/mol. The van der Waals surface area contributed by atoms with Crippen LogP contribution in [-0.2, 0) is 25.7 Å². The van der Waals surface area contributed by atoms with Gasteiger partial charge in [-0.1, -0.05) is 85.0 Å². The van der Waals surface area contributed by atoms with Gasteiger partial charge in [0, 0.05) is 0 Å². The van der Waals surface area contributed by atoms with E-state index >= 15 is 0 Å². The van der Waals surface area contributed by atoms with E-state index in [1.165, 1.54) is 29.5 Å². The van der Waals surface area contributed by atoms with Crippen molar-refractivity contribution in [3.8, 4) is 11.1 Å². The number of allylic oxidation sites excluding steroid dienone is 4. The zero-order valence-electron chi connectivity index (χ0n) is 20.2. The summed E-state index contributed by atoms with van der Waals surface area (Å²) in [6.07, 6.45) is 16.9. The molecule has 0 unspecified atom stereocenters. The summed E-state index contributed by atoms with van der Waals surface area (Å²) in [5, 5.41) is 0. The quantitative estimate of drug-likeness (QED) is 0.195. The van der Waals surface area contributed by atoms with Crippen molar-refractivity contribution in [3.05, 3.63) is 119 Å². The Hall–Kier alpha value is -2.93. The zero-order valence-corrected chi connectivity index (χ0v) is 20.2. The summed E-state index contributed by atoms with van der Waals surface area (Å²) in [7, 11) is 0. The van der Waals surface area contributed by atoms with E-state index in [4.69, 9.17) is 0 Å². The Bertz CT molecular complexity index is 1020. The Morgan fingerprint density at radius 1 is 0.576 bits per heavy atom. The molecule has 0 nitrogen and oxygen atoms in total. The van der Waals surface area contributed by atoms with Crippen LogP contribution >= 0.6 is 0 Å². The zero-order chi connectivity index (χ0) is 23.3. The molecule has 0 saturated heterocycles. The molecule has 0 atom stereocenters. The third-order valence-corrected chi connectivity index (χ3v) is 6.20. The average molecular weight is 441 g/mol. The Balaban J connectivity index is 1.44. The van der Waals surface area contributed by atoms with Crippen molar-refractivity contribution < 1.29 is 4.39 Å². The van der Waals surface area contributed by atoms with Gasteiger partial charge in [-0.05, 0) is 105 Å². The number of rotatable bonds is 12. The fraction of sp³-hybridized carbons (Fsp3) is 0.312. The molecule has 3 aromatic rings. The molecule has 0 saturated carbocycles. The fourth-order valence-corrected chi connectivity index (χ4v) is 4.15. The molecule has 0 spiro atoms. The predicted octanol–water partition coefficient (Wildman–Crippen LogP) is 9.08. The second kappa shape index (κ2) is 13.6. The summed E-state index contributed by atoms with van der Waals surface area (Å²) < 4.78 is 14.5. The number of aryl methyl sites for hydroxylation is 4. The summed E-state index contributed by atoms with van der Waals surface area (Å²) in [5.41, 5.74) is 7.00. The minimum absolute atomic E-state index is 0.105. The first-order chi connectivity index (χ1) is 16.2. The van der Waals surface area contributed by atoms with Gasteiger partial charge in [-0.3, -0.25) is 0 Å². The molecule has 1 heteroatoms. The molecular formula is C32H37F.